The van der Waals surface area contributed by atoms with Crippen molar-refractivity contribution in [1.29, 1.82) is 0 Å². The van der Waals surface area contributed by atoms with Gasteiger partial charge in [-0.2, -0.15) is 0 Å². The lowest BCUT2D eigenvalue weighted by Crippen LogP contribution is -2.03. The Morgan fingerprint density at radius 1 is 1.04 bits per heavy atom. The summed E-state index contributed by atoms with van der Waals surface area (Å²) in [6, 6.07) is 8.42. The van der Waals surface area contributed by atoms with Gasteiger partial charge in [0.05, 0.1) is 0 Å². The molecule has 0 radical (unpaired) electrons. The fraction of sp³-hybridized carbons (Fsp3) is 0.368. The molecule has 3 rings (SSSR count). The summed E-state index contributed by atoms with van der Waals surface area (Å²) in [5.74, 6) is 1.02. The van der Waals surface area contributed by atoms with E-state index < -0.39 is 0 Å². The summed E-state index contributed by atoms with van der Waals surface area (Å²) in [5.41, 5.74) is 7.52. The highest BCUT2D eigenvalue weighted by atomic mass is 16.2. The topological polar surface area (TPSA) is 50.9 Å². The fourth-order valence-electron chi connectivity index (χ4n) is 3.13. The number of benzene rings is 1. The zero-order valence-electron chi connectivity index (χ0n) is 14.2. The number of aryl methyl sites for hydroxylation is 4. The van der Waals surface area contributed by atoms with Gasteiger partial charge in [-0.25, -0.2) is 9.97 Å². The zero-order valence-corrected chi connectivity index (χ0v) is 14.2. The van der Waals surface area contributed by atoms with E-state index in [1.54, 1.807) is 0 Å². The van der Waals surface area contributed by atoms with Gasteiger partial charge >= 0.3 is 0 Å². The van der Waals surface area contributed by atoms with E-state index >= 15 is 0 Å². The third kappa shape index (κ3) is 2.75. The quantitative estimate of drug-likeness (QED) is 0.803. The maximum atomic E-state index is 9.16. The van der Waals surface area contributed by atoms with E-state index in [1.165, 1.54) is 11.1 Å². The lowest BCUT2D eigenvalue weighted by atomic mass is 10.1. The second-order valence-electron chi connectivity index (χ2n) is 6.05. The van der Waals surface area contributed by atoms with Crippen LogP contribution in [0.4, 0.5) is 0 Å². The standard InChI is InChI=1S/C19H23N3O/c1-5-17-21-18-13(3)10-14(4)20-19(18)22(17)16-7-6-15(8-9-23)12(2)11-16/h6-7,10-11,23H,5,8-9H2,1-4H3. The molecule has 0 saturated carbocycles. The van der Waals surface area contributed by atoms with E-state index in [2.05, 4.69) is 49.6 Å². The molecule has 2 aromatic heterocycles. The Morgan fingerprint density at radius 3 is 2.48 bits per heavy atom. The first kappa shape index (κ1) is 15.7. The lowest BCUT2D eigenvalue weighted by molar-refractivity contribution is 0.299. The van der Waals surface area contributed by atoms with E-state index in [4.69, 9.17) is 15.1 Å². The number of fused-ring (bicyclic) bond motifs is 1. The number of hydrogen-bond donors (Lipinski definition) is 1. The van der Waals surface area contributed by atoms with Crippen LogP contribution in [-0.4, -0.2) is 26.2 Å². The van der Waals surface area contributed by atoms with Crippen LogP contribution >= 0.6 is 0 Å². The molecule has 0 spiro atoms. The first-order valence-corrected chi connectivity index (χ1v) is 8.11. The van der Waals surface area contributed by atoms with Crippen molar-refractivity contribution in [1.82, 2.24) is 14.5 Å². The molecule has 4 nitrogen and oxygen atoms in total. The first-order valence-electron chi connectivity index (χ1n) is 8.11. The van der Waals surface area contributed by atoms with Crippen LogP contribution < -0.4 is 0 Å². The minimum Gasteiger partial charge on any atom is -0.396 e. The molecule has 120 valence electrons. The molecule has 0 bridgehead atoms. The van der Waals surface area contributed by atoms with Crippen LogP contribution in [0, 0.1) is 20.8 Å². The zero-order chi connectivity index (χ0) is 16.6. The molecular weight excluding hydrogens is 286 g/mol. The van der Waals surface area contributed by atoms with E-state index in [9.17, 15) is 0 Å². The molecule has 0 saturated heterocycles. The molecule has 0 amide bonds. The number of aromatic nitrogens is 3. The Bertz CT molecular complexity index is 865. The summed E-state index contributed by atoms with van der Waals surface area (Å²) in [6.45, 7) is 8.48. The van der Waals surface area contributed by atoms with E-state index in [1.807, 2.05) is 6.92 Å². The highest BCUT2D eigenvalue weighted by Gasteiger charge is 2.15. The van der Waals surface area contributed by atoms with Crippen LogP contribution in [-0.2, 0) is 12.8 Å². The maximum absolute atomic E-state index is 9.16. The van der Waals surface area contributed by atoms with Gasteiger partial charge in [0.2, 0.25) is 0 Å². The molecule has 4 heteroatoms. The Hall–Kier alpha value is -2.20. The highest BCUT2D eigenvalue weighted by Crippen LogP contribution is 2.25. The SMILES string of the molecule is CCc1nc2c(C)cc(C)nc2n1-c1ccc(CCO)c(C)c1. The van der Waals surface area contributed by atoms with Crippen molar-refractivity contribution in [2.75, 3.05) is 6.61 Å². The second-order valence-corrected chi connectivity index (χ2v) is 6.05. The molecule has 1 aromatic carbocycles. The second kappa shape index (κ2) is 6.13. The van der Waals surface area contributed by atoms with Crippen LogP contribution in [0.2, 0.25) is 0 Å². The summed E-state index contributed by atoms with van der Waals surface area (Å²) < 4.78 is 2.16. The van der Waals surface area contributed by atoms with Gasteiger partial charge in [-0.15, -0.1) is 0 Å². The van der Waals surface area contributed by atoms with Crippen LogP contribution in [0.25, 0.3) is 16.9 Å². The van der Waals surface area contributed by atoms with Crippen molar-refractivity contribution in [3.05, 3.63) is 52.5 Å². The third-order valence-corrected chi connectivity index (χ3v) is 4.29. The molecule has 1 N–H and O–H groups in total. The predicted molar refractivity (Wildman–Crippen MR) is 93.2 cm³/mol. The molecule has 0 atom stereocenters. The monoisotopic (exact) mass is 309 g/mol. The number of rotatable bonds is 4. The number of hydrogen-bond acceptors (Lipinski definition) is 3. The average Bonchev–Trinajstić information content (AvgIpc) is 2.88. The van der Waals surface area contributed by atoms with Crippen LogP contribution in [0.15, 0.2) is 24.3 Å². The molecule has 0 fully saturated rings. The Balaban J connectivity index is 2.24. The molecular formula is C19H23N3O. The summed E-state index contributed by atoms with van der Waals surface area (Å²) in [4.78, 5) is 9.53. The number of aliphatic hydroxyl groups excluding tert-OH is 1. The number of nitrogens with zero attached hydrogens (tertiary/aromatic N) is 3. The van der Waals surface area contributed by atoms with Crippen molar-refractivity contribution in [3.8, 4) is 5.69 Å². The van der Waals surface area contributed by atoms with E-state index in [0.717, 1.165) is 40.4 Å². The van der Waals surface area contributed by atoms with Crippen molar-refractivity contribution < 1.29 is 5.11 Å². The van der Waals surface area contributed by atoms with Crippen LogP contribution in [0.3, 0.4) is 0 Å². The molecule has 23 heavy (non-hydrogen) atoms. The molecule has 0 aliphatic rings. The van der Waals surface area contributed by atoms with Crippen molar-refractivity contribution >= 4 is 11.2 Å². The van der Waals surface area contributed by atoms with Gasteiger partial charge in [-0.05, 0) is 62.1 Å². The van der Waals surface area contributed by atoms with Crippen molar-refractivity contribution in [2.24, 2.45) is 0 Å². The smallest absolute Gasteiger partial charge is 0.165 e. The Morgan fingerprint density at radius 2 is 1.83 bits per heavy atom. The normalized spacial score (nSPS) is 11.3. The molecule has 2 heterocycles. The Kier molecular flexibility index (Phi) is 4.18. The molecule has 3 aromatic rings. The van der Waals surface area contributed by atoms with Gasteiger partial charge in [0.1, 0.15) is 11.3 Å². The summed E-state index contributed by atoms with van der Waals surface area (Å²) in [6.07, 6.45) is 1.54. The number of aliphatic hydroxyl groups is 1. The highest BCUT2D eigenvalue weighted by molar-refractivity contribution is 5.78. The molecule has 0 unspecified atom stereocenters. The number of imidazole rings is 1. The predicted octanol–water partition coefficient (Wildman–Crippen LogP) is 3.44. The minimum atomic E-state index is 0.175. The average molecular weight is 309 g/mol. The van der Waals surface area contributed by atoms with Crippen molar-refractivity contribution in [2.45, 2.75) is 40.5 Å². The lowest BCUT2D eigenvalue weighted by Gasteiger charge is -2.11. The first-order chi connectivity index (χ1) is 11.0. The van der Waals surface area contributed by atoms with Crippen LogP contribution in [0.5, 0.6) is 0 Å². The van der Waals surface area contributed by atoms with Gasteiger partial charge in [0.25, 0.3) is 0 Å². The third-order valence-electron chi connectivity index (χ3n) is 4.29. The molecule has 0 aliphatic carbocycles. The van der Waals surface area contributed by atoms with E-state index in [-0.39, 0.29) is 6.61 Å². The van der Waals surface area contributed by atoms with E-state index in [0.29, 0.717) is 6.42 Å². The molecule has 0 aliphatic heterocycles. The van der Waals surface area contributed by atoms with Gasteiger partial charge in [-0.1, -0.05) is 13.0 Å². The van der Waals surface area contributed by atoms with Gasteiger partial charge < -0.3 is 5.11 Å². The largest absolute Gasteiger partial charge is 0.396 e. The summed E-state index contributed by atoms with van der Waals surface area (Å²) >= 11 is 0. The van der Waals surface area contributed by atoms with Gasteiger partial charge in [0, 0.05) is 24.4 Å². The summed E-state index contributed by atoms with van der Waals surface area (Å²) in [5, 5.41) is 9.16. The number of pyridine rings is 1. The maximum Gasteiger partial charge on any atom is 0.165 e. The Labute approximate surface area is 136 Å². The van der Waals surface area contributed by atoms with Gasteiger partial charge in [0.15, 0.2) is 5.65 Å². The van der Waals surface area contributed by atoms with Crippen LogP contribution in [0.1, 0.15) is 35.1 Å². The summed E-state index contributed by atoms with van der Waals surface area (Å²) in [7, 11) is 0. The van der Waals surface area contributed by atoms with Crippen molar-refractivity contribution in [3.63, 3.8) is 0 Å². The van der Waals surface area contributed by atoms with Gasteiger partial charge in [-0.3, -0.25) is 4.57 Å². The minimum absolute atomic E-state index is 0.175. The fourth-order valence-corrected chi connectivity index (χ4v) is 3.13.